The first kappa shape index (κ1) is 24.1. The lowest BCUT2D eigenvalue weighted by Gasteiger charge is -2.45. The largest absolute Gasteiger partial charge is 0.352 e. The maximum Gasteiger partial charge on any atom is 0.230 e. The number of hydrogen-bond acceptors (Lipinski definition) is 3. The molecule has 5 heteroatoms. The van der Waals surface area contributed by atoms with Crippen LogP contribution in [0.2, 0.25) is 5.02 Å². The molecular formula is C29H30ClN3O. The van der Waals surface area contributed by atoms with Crippen molar-refractivity contribution in [2.45, 2.75) is 51.5 Å². The quantitative estimate of drug-likeness (QED) is 0.557. The molecular weight excluding hydrogens is 442 g/mol. The van der Waals surface area contributed by atoms with E-state index in [1.807, 2.05) is 24.3 Å². The van der Waals surface area contributed by atoms with Gasteiger partial charge < -0.3 is 5.32 Å². The molecule has 0 saturated heterocycles. The monoisotopic (exact) mass is 471 g/mol. The van der Waals surface area contributed by atoms with Gasteiger partial charge in [0.1, 0.15) is 0 Å². The van der Waals surface area contributed by atoms with E-state index in [0.717, 1.165) is 19.3 Å². The van der Waals surface area contributed by atoms with Crippen molar-refractivity contribution in [2.75, 3.05) is 0 Å². The second-order valence-electron chi connectivity index (χ2n) is 10.3. The Morgan fingerprint density at radius 3 is 2.38 bits per heavy atom. The van der Waals surface area contributed by atoms with E-state index in [0.29, 0.717) is 22.1 Å². The molecule has 1 N–H and O–H groups in total. The van der Waals surface area contributed by atoms with Gasteiger partial charge in [-0.05, 0) is 52.9 Å². The molecule has 0 heterocycles. The fraction of sp³-hybridized carbons (Fsp3) is 0.414. The van der Waals surface area contributed by atoms with Crippen LogP contribution in [-0.2, 0) is 10.2 Å². The number of nitrogens with zero attached hydrogens (tertiary/aromatic N) is 2. The summed E-state index contributed by atoms with van der Waals surface area (Å²) in [6.45, 7) is 6.72. The molecule has 0 spiro atoms. The van der Waals surface area contributed by atoms with E-state index in [4.69, 9.17) is 11.6 Å². The highest BCUT2D eigenvalue weighted by molar-refractivity contribution is 6.32. The lowest BCUT2D eigenvalue weighted by atomic mass is 9.63. The second kappa shape index (κ2) is 9.28. The highest BCUT2D eigenvalue weighted by Crippen LogP contribution is 2.59. The topological polar surface area (TPSA) is 76.7 Å². The minimum absolute atomic E-state index is 0.0243. The Morgan fingerprint density at radius 1 is 1.09 bits per heavy atom. The molecule has 34 heavy (non-hydrogen) atoms. The minimum atomic E-state index is -1.44. The van der Waals surface area contributed by atoms with Crippen LogP contribution < -0.4 is 5.32 Å². The molecule has 0 unspecified atom stereocenters. The number of hydrogen-bond donors (Lipinski definition) is 1. The van der Waals surface area contributed by atoms with Crippen molar-refractivity contribution in [2.24, 2.45) is 23.2 Å². The van der Waals surface area contributed by atoms with Gasteiger partial charge in [0.25, 0.3) is 0 Å². The summed E-state index contributed by atoms with van der Waals surface area (Å²) < 4.78 is 0. The van der Waals surface area contributed by atoms with Gasteiger partial charge in [-0.2, -0.15) is 10.5 Å². The molecule has 174 valence electrons. The fourth-order valence-electron chi connectivity index (χ4n) is 5.68. The van der Waals surface area contributed by atoms with Crippen LogP contribution in [0.1, 0.15) is 51.2 Å². The second-order valence-corrected chi connectivity index (χ2v) is 10.7. The first-order chi connectivity index (χ1) is 16.2. The average Bonchev–Trinajstić information content (AvgIpc) is 3.48. The van der Waals surface area contributed by atoms with Gasteiger partial charge in [0.15, 0.2) is 5.41 Å². The number of amides is 1. The molecule has 4 nitrogen and oxygen atoms in total. The Morgan fingerprint density at radius 2 is 1.74 bits per heavy atom. The number of carbonyl (C=O) groups is 1. The number of carbonyl (C=O) groups excluding carboxylic acids is 1. The van der Waals surface area contributed by atoms with Crippen molar-refractivity contribution < 1.29 is 4.79 Å². The predicted octanol–water partition coefficient (Wildman–Crippen LogP) is 6.29. The molecule has 1 amide bonds. The van der Waals surface area contributed by atoms with Gasteiger partial charge >= 0.3 is 0 Å². The lowest BCUT2D eigenvalue weighted by molar-refractivity contribution is -0.124. The Bertz CT molecular complexity index is 1170. The zero-order valence-electron chi connectivity index (χ0n) is 19.9. The van der Waals surface area contributed by atoms with Crippen molar-refractivity contribution in [1.82, 2.24) is 5.32 Å². The average molecular weight is 472 g/mol. The number of nitriles is 2. The van der Waals surface area contributed by atoms with Crippen LogP contribution in [0.5, 0.6) is 0 Å². The highest BCUT2D eigenvalue weighted by atomic mass is 35.5. The summed E-state index contributed by atoms with van der Waals surface area (Å²) in [5, 5.41) is 23.5. The SMILES string of the molecule is C[C@@H]1CC[C@@H](C(C)(C)c2ccccc2)[C@H](NC(=O)[C@@H]2/C(=C/c3ccccc3Cl)C2(C#N)C#N)C1. The Labute approximate surface area is 207 Å². The van der Waals surface area contributed by atoms with Gasteiger partial charge in [0, 0.05) is 11.1 Å². The zero-order valence-corrected chi connectivity index (χ0v) is 20.6. The van der Waals surface area contributed by atoms with Crippen molar-refractivity contribution in [1.29, 1.82) is 10.5 Å². The number of halogens is 1. The summed E-state index contributed by atoms with van der Waals surface area (Å²) >= 11 is 6.29. The summed E-state index contributed by atoms with van der Waals surface area (Å²) in [4.78, 5) is 13.5. The molecule has 2 aromatic carbocycles. The standard InChI is InChI=1S/C29H30ClN3O/c1-19-13-14-22(28(2,3)21-10-5-4-6-11-21)25(15-19)33-27(34)26-23(29(26,17-31)18-32)16-20-9-7-8-12-24(20)30/h4-12,16,19,22,25-26H,13-15H2,1-3H3,(H,33,34)/b23-16-/t19-,22-,25-,26+/m1/s1. The van der Waals surface area contributed by atoms with Crippen LogP contribution in [0.3, 0.4) is 0 Å². The van der Waals surface area contributed by atoms with Crippen LogP contribution >= 0.6 is 11.6 Å². The molecule has 2 saturated carbocycles. The van der Waals surface area contributed by atoms with Gasteiger partial charge in [-0.25, -0.2) is 0 Å². The van der Waals surface area contributed by atoms with Crippen molar-refractivity contribution in [3.05, 3.63) is 76.3 Å². The number of benzene rings is 2. The van der Waals surface area contributed by atoms with Gasteiger partial charge in [-0.1, -0.05) is 93.4 Å². The maximum absolute atomic E-state index is 13.5. The van der Waals surface area contributed by atoms with Gasteiger partial charge in [0.2, 0.25) is 5.91 Å². The molecule has 0 bridgehead atoms. The van der Waals surface area contributed by atoms with E-state index in [1.165, 1.54) is 5.56 Å². The molecule has 0 aliphatic heterocycles. The molecule has 2 aromatic rings. The van der Waals surface area contributed by atoms with Gasteiger partial charge in [-0.15, -0.1) is 0 Å². The molecule has 2 aliphatic rings. The van der Waals surface area contributed by atoms with E-state index in [2.05, 4.69) is 62.5 Å². The van der Waals surface area contributed by atoms with E-state index in [1.54, 1.807) is 12.1 Å². The molecule has 0 aromatic heterocycles. The van der Waals surface area contributed by atoms with Gasteiger partial charge in [-0.3, -0.25) is 4.79 Å². The molecule has 2 fully saturated rings. The first-order valence-corrected chi connectivity index (χ1v) is 12.3. The van der Waals surface area contributed by atoms with E-state index >= 15 is 0 Å². The minimum Gasteiger partial charge on any atom is -0.352 e. The molecule has 0 radical (unpaired) electrons. The molecule has 4 rings (SSSR count). The van der Waals surface area contributed by atoms with E-state index < -0.39 is 11.3 Å². The summed E-state index contributed by atoms with van der Waals surface area (Å²) in [5.74, 6) is -0.267. The van der Waals surface area contributed by atoms with Crippen LogP contribution in [0, 0.1) is 45.8 Å². The first-order valence-electron chi connectivity index (χ1n) is 11.9. The van der Waals surface area contributed by atoms with Crippen LogP contribution in [0.15, 0.2) is 60.2 Å². The highest BCUT2D eigenvalue weighted by Gasteiger charge is 2.66. The fourth-order valence-corrected chi connectivity index (χ4v) is 5.87. The normalized spacial score (nSPS) is 26.8. The number of nitrogens with one attached hydrogen (secondary N) is 1. The van der Waals surface area contributed by atoms with Crippen LogP contribution in [-0.4, -0.2) is 11.9 Å². The summed E-state index contributed by atoms with van der Waals surface area (Å²) in [5.41, 5.74) is 0.918. The van der Waals surface area contributed by atoms with E-state index in [-0.39, 0.29) is 23.3 Å². The van der Waals surface area contributed by atoms with Crippen molar-refractivity contribution in [3.8, 4) is 12.1 Å². The third-order valence-corrected chi connectivity index (χ3v) is 8.18. The van der Waals surface area contributed by atoms with Crippen LogP contribution in [0.25, 0.3) is 6.08 Å². The molecule has 4 atom stereocenters. The third kappa shape index (κ3) is 4.24. The third-order valence-electron chi connectivity index (χ3n) is 7.83. The van der Waals surface area contributed by atoms with Crippen molar-refractivity contribution in [3.63, 3.8) is 0 Å². The Kier molecular flexibility index (Phi) is 6.57. The number of rotatable bonds is 5. The maximum atomic E-state index is 13.5. The lowest BCUT2D eigenvalue weighted by Crippen LogP contribution is -2.51. The summed E-state index contributed by atoms with van der Waals surface area (Å²) in [6.07, 6.45) is 4.75. The van der Waals surface area contributed by atoms with Crippen LogP contribution in [0.4, 0.5) is 0 Å². The summed E-state index contributed by atoms with van der Waals surface area (Å²) in [6, 6.07) is 21.9. The molecule has 2 aliphatic carbocycles. The van der Waals surface area contributed by atoms with E-state index in [9.17, 15) is 15.3 Å². The Hall–Kier alpha value is -3.08. The summed E-state index contributed by atoms with van der Waals surface area (Å²) in [7, 11) is 0. The van der Waals surface area contributed by atoms with Gasteiger partial charge in [0.05, 0.1) is 18.1 Å². The van der Waals surface area contributed by atoms with Crippen molar-refractivity contribution >= 4 is 23.6 Å². The zero-order chi connectivity index (χ0) is 24.5. The smallest absolute Gasteiger partial charge is 0.230 e. The Balaban J connectivity index is 1.61. The predicted molar refractivity (Wildman–Crippen MR) is 134 cm³/mol.